The molecule has 0 radical (unpaired) electrons. The van der Waals surface area contributed by atoms with Crippen molar-refractivity contribution >= 4 is 22.9 Å². The molecular formula is C12H15FN2S. The molecule has 1 atom stereocenters. The van der Waals surface area contributed by atoms with Crippen LogP contribution in [0.3, 0.4) is 0 Å². The first-order valence-electron chi connectivity index (χ1n) is 5.41. The third-order valence-corrected chi connectivity index (χ3v) is 3.17. The van der Waals surface area contributed by atoms with E-state index in [1.54, 1.807) is 6.07 Å². The van der Waals surface area contributed by atoms with Gasteiger partial charge in [0.15, 0.2) is 0 Å². The molecule has 86 valence electrons. The lowest BCUT2D eigenvalue weighted by atomic mass is 10.1. The van der Waals surface area contributed by atoms with E-state index in [0.717, 1.165) is 18.7 Å². The van der Waals surface area contributed by atoms with E-state index >= 15 is 0 Å². The van der Waals surface area contributed by atoms with E-state index < -0.39 is 0 Å². The fourth-order valence-electron chi connectivity index (χ4n) is 2.24. The molecule has 0 aliphatic carbocycles. The standard InChI is InChI=1S/C12H15FN2S/c1-8(6-12(14)16)15-5-4-9-2-3-10(13)7-11(9)15/h2-3,7-8H,4-6H2,1H3,(H2,14,16). The number of halogens is 1. The van der Waals surface area contributed by atoms with Crippen molar-refractivity contribution in [3.8, 4) is 0 Å². The molecule has 0 spiro atoms. The van der Waals surface area contributed by atoms with E-state index in [-0.39, 0.29) is 11.9 Å². The summed E-state index contributed by atoms with van der Waals surface area (Å²) in [4.78, 5) is 2.69. The van der Waals surface area contributed by atoms with Crippen LogP contribution >= 0.6 is 12.2 Å². The SMILES string of the molecule is CC(CC(N)=S)N1CCc2ccc(F)cc21. The van der Waals surface area contributed by atoms with Gasteiger partial charge in [-0.3, -0.25) is 0 Å². The molecule has 1 aliphatic rings. The topological polar surface area (TPSA) is 29.3 Å². The summed E-state index contributed by atoms with van der Waals surface area (Å²) in [7, 11) is 0. The molecule has 1 heterocycles. The van der Waals surface area contributed by atoms with Crippen LogP contribution in [0.4, 0.5) is 10.1 Å². The lowest BCUT2D eigenvalue weighted by Gasteiger charge is -2.27. The summed E-state index contributed by atoms with van der Waals surface area (Å²) in [6, 6.07) is 5.21. The predicted molar refractivity (Wildman–Crippen MR) is 68.3 cm³/mol. The molecule has 1 unspecified atom stereocenters. The Morgan fingerprint density at radius 1 is 1.62 bits per heavy atom. The molecule has 2 rings (SSSR count). The minimum atomic E-state index is -0.187. The molecule has 16 heavy (non-hydrogen) atoms. The van der Waals surface area contributed by atoms with Gasteiger partial charge in [0.1, 0.15) is 5.82 Å². The van der Waals surface area contributed by atoms with E-state index in [0.29, 0.717) is 11.4 Å². The summed E-state index contributed by atoms with van der Waals surface area (Å²) in [6.07, 6.45) is 1.64. The highest BCUT2D eigenvalue weighted by atomic mass is 32.1. The lowest BCUT2D eigenvalue weighted by Crippen LogP contribution is -2.34. The summed E-state index contributed by atoms with van der Waals surface area (Å²) in [5, 5.41) is 0. The molecule has 0 saturated heterocycles. The van der Waals surface area contributed by atoms with Crippen molar-refractivity contribution in [1.29, 1.82) is 0 Å². The van der Waals surface area contributed by atoms with Crippen LogP contribution < -0.4 is 10.6 Å². The van der Waals surface area contributed by atoms with Crippen LogP contribution in [0.5, 0.6) is 0 Å². The number of hydrogen-bond acceptors (Lipinski definition) is 2. The smallest absolute Gasteiger partial charge is 0.125 e. The van der Waals surface area contributed by atoms with Crippen molar-refractivity contribution < 1.29 is 4.39 Å². The molecule has 0 saturated carbocycles. The molecule has 4 heteroatoms. The Hall–Kier alpha value is -1.16. The summed E-state index contributed by atoms with van der Waals surface area (Å²) >= 11 is 4.91. The van der Waals surface area contributed by atoms with E-state index in [1.165, 1.54) is 11.6 Å². The highest BCUT2D eigenvalue weighted by Gasteiger charge is 2.23. The zero-order valence-electron chi connectivity index (χ0n) is 9.24. The third kappa shape index (κ3) is 2.16. The van der Waals surface area contributed by atoms with Crippen molar-refractivity contribution in [2.24, 2.45) is 5.73 Å². The summed E-state index contributed by atoms with van der Waals surface area (Å²) in [5.41, 5.74) is 7.74. The summed E-state index contributed by atoms with van der Waals surface area (Å²) in [5.74, 6) is -0.187. The van der Waals surface area contributed by atoms with Crippen molar-refractivity contribution in [1.82, 2.24) is 0 Å². The average molecular weight is 238 g/mol. The molecule has 0 bridgehead atoms. The second kappa shape index (κ2) is 4.37. The maximum absolute atomic E-state index is 13.2. The summed E-state index contributed by atoms with van der Waals surface area (Å²) in [6.45, 7) is 2.99. The number of fused-ring (bicyclic) bond motifs is 1. The van der Waals surface area contributed by atoms with E-state index in [9.17, 15) is 4.39 Å². The first-order chi connectivity index (χ1) is 7.58. The van der Waals surface area contributed by atoms with Crippen LogP contribution in [0.25, 0.3) is 0 Å². The van der Waals surface area contributed by atoms with Gasteiger partial charge in [0.2, 0.25) is 0 Å². The maximum atomic E-state index is 13.2. The number of rotatable bonds is 3. The van der Waals surface area contributed by atoms with Gasteiger partial charge in [0.25, 0.3) is 0 Å². The molecule has 0 fully saturated rings. The van der Waals surface area contributed by atoms with Crippen LogP contribution in [0.2, 0.25) is 0 Å². The molecule has 0 aromatic heterocycles. The van der Waals surface area contributed by atoms with Crippen LogP contribution in [0.1, 0.15) is 18.9 Å². The van der Waals surface area contributed by atoms with Gasteiger partial charge in [0, 0.05) is 24.7 Å². The number of anilines is 1. The Kier molecular flexibility index (Phi) is 3.10. The molecule has 1 aromatic carbocycles. The van der Waals surface area contributed by atoms with E-state index in [4.69, 9.17) is 18.0 Å². The van der Waals surface area contributed by atoms with Crippen molar-refractivity contribution in [2.45, 2.75) is 25.8 Å². The van der Waals surface area contributed by atoms with E-state index in [1.807, 2.05) is 6.07 Å². The van der Waals surface area contributed by atoms with Crippen LogP contribution in [0, 0.1) is 5.82 Å². The number of nitrogens with zero attached hydrogens (tertiary/aromatic N) is 1. The van der Waals surface area contributed by atoms with Gasteiger partial charge < -0.3 is 10.6 Å². The van der Waals surface area contributed by atoms with Crippen molar-refractivity contribution in [2.75, 3.05) is 11.4 Å². The molecule has 2 N–H and O–H groups in total. The predicted octanol–water partition coefficient (Wildman–Crippen LogP) is 2.25. The Morgan fingerprint density at radius 3 is 3.06 bits per heavy atom. The zero-order valence-corrected chi connectivity index (χ0v) is 10.1. The lowest BCUT2D eigenvalue weighted by molar-refractivity contribution is 0.624. The fraction of sp³-hybridized carbons (Fsp3) is 0.417. The van der Waals surface area contributed by atoms with Gasteiger partial charge in [0.05, 0.1) is 4.99 Å². The minimum absolute atomic E-state index is 0.187. The zero-order chi connectivity index (χ0) is 11.7. The molecular weight excluding hydrogens is 223 g/mol. The first-order valence-corrected chi connectivity index (χ1v) is 5.82. The monoisotopic (exact) mass is 238 g/mol. The third-order valence-electron chi connectivity index (χ3n) is 3.01. The maximum Gasteiger partial charge on any atom is 0.125 e. The van der Waals surface area contributed by atoms with Gasteiger partial charge in [-0.1, -0.05) is 18.3 Å². The van der Waals surface area contributed by atoms with Gasteiger partial charge in [-0.05, 0) is 31.0 Å². The summed E-state index contributed by atoms with van der Waals surface area (Å²) < 4.78 is 13.2. The average Bonchev–Trinajstić information content (AvgIpc) is 2.59. The quantitative estimate of drug-likeness (QED) is 0.819. The Labute approximate surface area is 100 Å². The highest BCUT2D eigenvalue weighted by molar-refractivity contribution is 7.80. The largest absolute Gasteiger partial charge is 0.393 e. The molecule has 1 aliphatic heterocycles. The van der Waals surface area contributed by atoms with Crippen LogP contribution in [-0.2, 0) is 6.42 Å². The van der Waals surface area contributed by atoms with Gasteiger partial charge in [-0.2, -0.15) is 0 Å². The Balaban J connectivity index is 2.22. The van der Waals surface area contributed by atoms with E-state index in [2.05, 4.69) is 11.8 Å². The number of benzene rings is 1. The van der Waals surface area contributed by atoms with Gasteiger partial charge in [-0.25, -0.2) is 4.39 Å². The number of thiocarbonyl (C=S) groups is 1. The second-order valence-corrected chi connectivity index (χ2v) is 4.76. The van der Waals surface area contributed by atoms with Gasteiger partial charge >= 0.3 is 0 Å². The number of nitrogens with two attached hydrogens (primary N) is 1. The van der Waals surface area contributed by atoms with Gasteiger partial charge in [-0.15, -0.1) is 0 Å². The fourth-order valence-corrected chi connectivity index (χ4v) is 2.48. The number of hydrogen-bond donors (Lipinski definition) is 1. The first kappa shape index (κ1) is 11.3. The molecule has 2 nitrogen and oxygen atoms in total. The van der Waals surface area contributed by atoms with Crippen molar-refractivity contribution in [3.05, 3.63) is 29.6 Å². The minimum Gasteiger partial charge on any atom is -0.393 e. The Bertz CT molecular complexity index is 419. The normalized spacial score (nSPS) is 16.0. The van der Waals surface area contributed by atoms with Crippen LogP contribution in [-0.4, -0.2) is 17.6 Å². The van der Waals surface area contributed by atoms with Crippen LogP contribution in [0.15, 0.2) is 18.2 Å². The Morgan fingerprint density at radius 2 is 2.38 bits per heavy atom. The van der Waals surface area contributed by atoms with Crippen molar-refractivity contribution in [3.63, 3.8) is 0 Å². The molecule has 1 aromatic rings. The second-order valence-electron chi connectivity index (χ2n) is 4.24. The molecule has 0 amide bonds. The highest BCUT2D eigenvalue weighted by Crippen LogP contribution is 2.30.